The minimum absolute atomic E-state index is 0.153. The summed E-state index contributed by atoms with van der Waals surface area (Å²) in [4.78, 5) is 12.4. The number of carbonyl (C=O) groups is 1. The summed E-state index contributed by atoms with van der Waals surface area (Å²) >= 11 is 9.75. The van der Waals surface area contributed by atoms with Crippen LogP contribution in [-0.2, 0) is 24.2 Å². The van der Waals surface area contributed by atoms with E-state index >= 15 is 0 Å². The smallest absolute Gasteiger partial charge is 0.234 e. The Morgan fingerprint density at radius 3 is 2.71 bits per heavy atom. The Morgan fingerprint density at radius 1 is 1.26 bits per heavy atom. The predicted octanol–water partition coefficient (Wildman–Crippen LogP) is 5.25. The number of rotatable bonds is 10. The molecule has 3 aromatic rings. The molecule has 0 saturated carbocycles. The summed E-state index contributed by atoms with van der Waals surface area (Å²) in [6.07, 6.45) is 3.44. The number of aromatic nitrogens is 3. The van der Waals surface area contributed by atoms with Gasteiger partial charge in [0.15, 0.2) is 5.16 Å². The van der Waals surface area contributed by atoms with Crippen LogP contribution in [0.3, 0.4) is 0 Å². The maximum atomic E-state index is 12.4. The number of nitrogens with one attached hydrogen (secondary N) is 1. The van der Waals surface area contributed by atoms with E-state index in [1.54, 1.807) is 31.4 Å². The molecule has 1 amide bonds. The summed E-state index contributed by atoms with van der Waals surface area (Å²) in [5.41, 5.74) is 1.86. The molecule has 0 aliphatic rings. The molecule has 9 heteroatoms. The van der Waals surface area contributed by atoms with Gasteiger partial charge in [-0.05, 0) is 64.9 Å². The van der Waals surface area contributed by atoms with Crippen LogP contribution < -0.4 is 10.1 Å². The number of carbonyl (C=O) groups excluding carboxylic acids is 1. The highest BCUT2D eigenvalue weighted by Gasteiger charge is 2.14. The Hall–Kier alpha value is -2.04. The standard InChI is InChI=1S/C22H22ClIN4O2S/c1-3-12-28-20(11-6-15-4-7-16(24)8-5-15)26-27-22(28)31-14-21(29)25-17-9-10-19(30-2)18(23)13-17/h3-5,7-10,13H,1,6,11-12,14H2,2H3,(H,25,29). The Bertz CT molecular complexity index is 1060. The SMILES string of the molecule is C=CCn1c(CCc2ccc(I)cc2)nnc1SCC(=O)Nc1ccc(OC)c(Cl)c1. The van der Waals surface area contributed by atoms with Crippen LogP contribution in [0.15, 0.2) is 60.3 Å². The number of halogens is 2. The van der Waals surface area contributed by atoms with E-state index < -0.39 is 0 Å². The van der Waals surface area contributed by atoms with Gasteiger partial charge >= 0.3 is 0 Å². The zero-order chi connectivity index (χ0) is 22.2. The molecule has 0 radical (unpaired) electrons. The average molecular weight is 569 g/mol. The number of hydrogen-bond acceptors (Lipinski definition) is 5. The fourth-order valence-corrected chi connectivity index (χ4v) is 4.29. The van der Waals surface area contributed by atoms with E-state index in [0.717, 1.165) is 18.7 Å². The number of amides is 1. The highest BCUT2D eigenvalue weighted by molar-refractivity contribution is 14.1. The summed E-state index contributed by atoms with van der Waals surface area (Å²) in [5.74, 6) is 1.49. The van der Waals surface area contributed by atoms with Crippen LogP contribution in [-0.4, -0.2) is 33.5 Å². The molecule has 0 aliphatic carbocycles. The lowest BCUT2D eigenvalue weighted by Crippen LogP contribution is -2.15. The fourth-order valence-electron chi connectivity index (χ4n) is 2.90. The van der Waals surface area contributed by atoms with Crippen LogP contribution in [0.5, 0.6) is 5.75 Å². The second-order valence-electron chi connectivity index (χ2n) is 6.61. The molecule has 31 heavy (non-hydrogen) atoms. The number of ether oxygens (including phenoxy) is 1. The molecule has 0 atom stereocenters. The normalized spacial score (nSPS) is 10.7. The van der Waals surface area contributed by atoms with Crippen molar-refractivity contribution < 1.29 is 9.53 Å². The number of anilines is 1. The van der Waals surface area contributed by atoms with Gasteiger partial charge in [0.05, 0.1) is 17.9 Å². The lowest BCUT2D eigenvalue weighted by atomic mass is 10.1. The number of methoxy groups -OCH3 is 1. The number of hydrogen-bond donors (Lipinski definition) is 1. The van der Waals surface area contributed by atoms with Crippen LogP contribution >= 0.6 is 46.0 Å². The van der Waals surface area contributed by atoms with E-state index in [4.69, 9.17) is 16.3 Å². The van der Waals surface area contributed by atoms with Crippen LogP contribution in [0.1, 0.15) is 11.4 Å². The first-order valence-electron chi connectivity index (χ1n) is 9.53. The minimum atomic E-state index is -0.153. The maximum Gasteiger partial charge on any atom is 0.234 e. The third-order valence-corrected chi connectivity index (χ3v) is 6.40. The van der Waals surface area contributed by atoms with Crippen LogP contribution in [0.4, 0.5) is 5.69 Å². The van der Waals surface area contributed by atoms with E-state index in [0.29, 0.717) is 28.2 Å². The molecule has 2 aromatic carbocycles. The van der Waals surface area contributed by atoms with E-state index in [-0.39, 0.29) is 11.7 Å². The highest BCUT2D eigenvalue weighted by Crippen LogP contribution is 2.27. The van der Waals surface area contributed by atoms with Gasteiger partial charge in [-0.25, -0.2) is 0 Å². The lowest BCUT2D eigenvalue weighted by molar-refractivity contribution is -0.113. The van der Waals surface area contributed by atoms with Gasteiger partial charge in [-0.3, -0.25) is 4.79 Å². The monoisotopic (exact) mass is 568 g/mol. The first-order valence-corrected chi connectivity index (χ1v) is 12.0. The summed E-state index contributed by atoms with van der Waals surface area (Å²) < 4.78 is 8.34. The van der Waals surface area contributed by atoms with Crippen molar-refractivity contribution in [2.45, 2.75) is 24.5 Å². The summed E-state index contributed by atoms with van der Waals surface area (Å²) in [5, 5.41) is 12.6. The van der Waals surface area contributed by atoms with Gasteiger partial charge in [0, 0.05) is 22.2 Å². The topological polar surface area (TPSA) is 69.0 Å². The van der Waals surface area contributed by atoms with E-state index in [1.807, 2.05) is 4.57 Å². The van der Waals surface area contributed by atoms with Gasteiger partial charge in [0.2, 0.25) is 5.91 Å². The second-order valence-corrected chi connectivity index (χ2v) is 9.21. The first-order chi connectivity index (χ1) is 15.0. The maximum absolute atomic E-state index is 12.4. The molecule has 0 fully saturated rings. The Kier molecular flexibility index (Phi) is 8.79. The van der Waals surface area contributed by atoms with Gasteiger partial charge < -0.3 is 14.6 Å². The third kappa shape index (κ3) is 6.72. The molecule has 1 aromatic heterocycles. The van der Waals surface area contributed by atoms with Crippen molar-refractivity contribution in [3.05, 3.63) is 75.1 Å². The summed E-state index contributed by atoms with van der Waals surface area (Å²) in [6.45, 7) is 4.42. The molecule has 0 unspecified atom stereocenters. The lowest BCUT2D eigenvalue weighted by Gasteiger charge is -2.09. The zero-order valence-corrected chi connectivity index (χ0v) is 20.7. The number of aryl methyl sites for hydroxylation is 2. The molecule has 3 rings (SSSR count). The molecule has 0 spiro atoms. The molecule has 6 nitrogen and oxygen atoms in total. The molecule has 1 heterocycles. The number of benzene rings is 2. The largest absolute Gasteiger partial charge is 0.495 e. The van der Waals surface area contributed by atoms with Crippen LogP contribution in [0.25, 0.3) is 0 Å². The molecular weight excluding hydrogens is 547 g/mol. The minimum Gasteiger partial charge on any atom is -0.495 e. The van der Waals surface area contributed by atoms with Gasteiger partial charge in [0.1, 0.15) is 11.6 Å². The quantitative estimate of drug-likeness (QED) is 0.206. The molecule has 0 aliphatic heterocycles. The van der Waals surface area contributed by atoms with Gasteiger partial charge in [-0.1, -0.05) is 41.6 Å². The van der Waals surface area contributed by atoms with E-state index in [1.165, 1.54) is 20.9 Å². The van der Waals surface area contributed by atoms with Crippen LogP contribution in [0, 0.1) is 3.57 Å². The van der Waals surface area contributed by atoms with E-state index in [2.05, 4.69) is 68.9 Å². The van der Waals surface area contributed by atoms with Crippen molar-refractivity contribution >= 4 is 57.5 Å². The number of thioether (sulfide) groups is 1. The number of allylic oxidation sites excluding steroid dienone is 1. The molecular formula is C22H22ClIN4O2S. The van der Waals surface area contributed by atoms with Crippen molar-refractivity contribution in [1.82, 2.24) is 14.8 Å². The van der Waals surface area contributed by atoms with Gasteiger partial charge in [-0.15, -0.1) is 16.8 Å². The van der Waals surface area contributed by atoms with Crippen molar-refractivity contribution in [2.75, 3.05) is 18.2 Å². The second kappa shape index (κ2) is 11.5. The third-order valence-electron chi connectivity index (χ3n) is 4.42. The predicted molar refractivity (Wildman–Crippen MR) is 134 cm³/mol. The highest BCUT2D eigenvalue weighted by atomic mass is 127. The Labute approximate surface area is 204 Å². The molecule has 0 bridgehead atoms. The van der Waals surface area contributed by atoms with Crippen molar-refractivity contribution in [1.29, 1.82) is 0 Å². The Balaban J connectivity index is 1.60. The van der Waals surface area contributed by atoms with Crippen molar-refractivity contribution in [3.8, 4) is 5.75 Å². The summed E-state index contributed by atoms with van der Waals surface area (Å²) in [7, 11) is 1.55. The van der Waals surface area contributed by atoms with Gasteiger partial charge in [0.25, 0.3) is 0 Å². The molecule has 162 valence electrons. The molecule has 1 N–H and O–H groups in total. The zero-order valence-electron chi connectivity index (χ0n) is 17.0. The fraction of sp³-hybridized carbons (Fsp3) is 0.227. The van der Waals surface area contributed by atoms with Gasteiger partial charge in [-0.2, -0.15) is 0 Å². The first kappa shape index (κ1) is 23.6. The van der Waals surface area contributed by atoms with Crippen molar-refractivity contribution in [2.24, 2.45) is 0 Å². The van der Waals surface area contributed by atoms with Crippen LogP contribution in [0.2, 0.25) is 5.02 Å². The Morgan fingerprint density at radius 2 is 2.03 bits per heavy atom. The average Bonchev–Trinajstić information content (AvgIpc) is 3.14. The molecule has 0 saturated heterocycles. The van der Waals surface area contributed by atoms with E-state index in [9.17, 15) is 4.79 Å². The number of nitrogens with zero attached hydrogens (tertiary/aromatic N) is 3. The van der Waals surface area contributed by atoms with Crippen molar-refractivity contribution in [3.63, 3.8) is 0 Å². The summed E-state index contributed by atoms with van der Waals surface area (Å²) in [6, 6.07) is 13.6.